The van der Waals surface area contributed by atoms with Gasteiger partial charge in [-0.1, -0.05) is 0 Å². The molecule has 0 bridgehead atoms. The summed E-state index contributed by atoms with van der Waals surface area (Å²) in [7, 11) is 0. The van der Waals surface area contributed by atoms with E-state index < -0.39 is 54.8 Å². The molecular formula is C9H5F13O2. The molecule has 2 nitrogen and oxygen atoms in total. The first-order valence-corrected chi connectivity index (χ1v) is 5.38. The molecule has 0 saturated heterocycles. The fourth-order valence-electron chi connectivity index (χ4n) is 1.24. The van der Waals surface area contributed by atoms with Crippen LogP contribution in [0.5, 0.6) is 0 Å². The van der Waals surface area contributed by atoms with Gasteiger partial charge in [0.2, 0.25) is 6.17 Å². The van der Waals surface area contributed by atoms with Crippen LogP contribution in [0.25, 0.3) is 0 Å². The Morgan fingerprint density at radius 1 is 0.750 bits per heavy atom. The maximum Gasteiger partial charge on any atom is 0.424 e. The van der Waals surface area contributed by atoms with E-state index in [1.54, 1.807) is 4.94 Å². The van der Waals surface area contributed by atoms with Crippen LogP contribution in [-0.4, -0.2) is 54.8 Å². The predicted octanol–water partition coefficient (Wildman–Crippen LogP) is 3.94. The van der Waals surface area contributed by atoms with Crippen molar-refractivity contribution in [1.82, 2.24) is 0 Å². The third kappa shape index (κ3) is 3.63. The molecular weight excluding hydrogens is 387 g/mol. The molecule has 0 N–H and O–H groups in total. The number of carbonyl (C=O) groups excluding carboxylic acids is 1. The standard InChI is InChI=1S/C9H5F13O2/c10-1(3(12)5(14)15)2(11)4(13)7(16,17)9(20,21)8(18,19)6(23)24-22/h1-5H. The van der Waals surface area contributed by atoms with E-state index in [1.165, 1.54) is 0 Å². The number of hydrogen-bond acceptors (Lipinski definition) is 2. The van der Waals surface area contributed by atoms with Crippen molar-refractivity contribution in [2.45, 2.75) is 48.9 Å². The molecule has 0 aromatic rings. The topological polar surface area (TPSA) is 26.3 Å². The van der Waals surface area contributed by atoms with Crippen molar-refractivity contribution in [1.29, 1.82) is 0 Å². The smallest absolute Gasteiger partial charge is 0.248 e. The first-order valence-electron chi connectivity index (χ1n) is 5.38. The van der Waals surface area contributed by atoms with Gasteiger partial charge in [-0.25, -0.2) is 36.1 Å². The van der Waals surface area contributed by atoms with Gasteiger partial charge in [-0.3, -0.25) is 0 Å². The summed E-state index contributed by atoms with van der Waals surface area (Å²) in [6.45, 7) is 0. The maximum atomic E-state index is 13.0. The van der Waals surface area contributed by atoms with Crippen molar-refractivity contribution >= 4 is 5.97 Å². The number of halogens is 13. The van der Waals surface area contributed by atoms with Gasteiger partial charge in [-0.15, -0.1) is 0 Å². The zero-order valence-electron chi connectivity index (χ0n) is 10.6. The fraction of sp³-hybridized carbons (Fsp3) is 0.889. The second-order valence-corrected chi connectivity index (χ2v) is 4.21. The summed E-state index contributed by atoms with van der Waals surface area (Å²) in [6, 6.07) is 0. The second-order valence-electron chi connectivity index (χ2n) is 4.21. The Hall–Kier alpha value is -1.44. The average molecular weight is 392 g/mol. The van der Waals surface area contributed by atoms with E-state index in [0.29, 0.717) is 0 Å². The molecule has 0 spiro atoms. The molecule has 0 aliphatic heterocycles. The van der Waals surface area contributed by atoms with Crippen LogP contribution in [0.4, 0.5) is 57.2 Å². The summed E-state index contributed by atoms with van der Waals surface area (Å²) >= 11 is 0. The van der Waals surface area contributed by atoms with Gasteiger partial charge in [-0.05, 0) is 0 Å². The monoisotopic (exact) mass is 392 g/mol. The van der Waals surface area contributed by atoms with Crippen LogP contribution in [0.3, 0.4) is 0 Å². The van der Waals surface area contributed by atoms with Crippen LogP contribution in [0.1, 0.15) is 0 Å². The van der Waals surface area contributed by atoms with Gasteiger partial charge < -0.3 is 0 Å². The van der Waals surface area contributed by atoms with Gasteiger partial charge in [0.25, 0.3) is 6.43 Å². The Bertz CT molecular complexity index is 439. The van der Waals surface area contributed by atoms with Crippen LogP contribution in [0, 0.1) is 0 Å². The lowest BCUT2D eigenvalue weighted by Crippen LogP contribution is -2.64. The molecule has 24 heavy (non-hydrogen) atoms. The van der Waals surface area contributed by atoms with E-state index in [2.05, 4.69) is 0 Å². The summed E-state index contributed by atoms with van der Waals surface area (Å²) in [6.07, 6.45) is -23.1. The Labute approximate surface area is 123 Å². The Balaban J connectivity index is 5.67. The number of alkyl halides is 12. The van der Waals surface area contributed by atoms with E-state index >= 15 is 0 Å². The Morgan fingerprint density at radius 3 is 1.50 bits per heavy atom. The first-order chi connectivity index (χ1) is 10.6. The van der Waals surface area contributed by atoms with Crippen LogP contribution in [0.2, 0.25) is 0 Å². The van der Waals surface area contributed by atoms with Crippen LogP contribution < -0.4 is 0 Å². The van der Waals surface area contributed by atoms with Gasteiger partial charge >= 0.3 is 23.7 Å². The molecule has 0 aromatic heterocycles. The predicted molar refractivity (Wildman–Crippen MR) is 47.6 cm³/mol. The molecule has 0 fully saturated rings. The molecule has 0 heterocycles. The Morgan fingerprint density at radius 2 is 1.17 bits per heavy atom. The molecule has 4 unspecified atom stereocenters. The number of rotatable bonds is 8. The molecule has 0 amide bonds. The summed E-state index contributed by atoms with van der Waals surface area (Å²) in [5.41, 5.74) is 0. The van der Waals surface area contributed by atoms with Crippen molar-refractivity contribution in [3.63, 3.8) is 0 Å². The molecule has 15 heteroatoms. The highest BCUT2D eigenvalue weighted by Gasteiger charge is 2.80. The van der Waals surface area contributed by atoms with E-state index in [-0.39, 0.29) is 0 Å². The zero-order chi connectivity index (χ0) is 19.7. The average Bonchev–Trinajstić information content (AvgIpc) is 2.50. The zero-order valence-corrected chi connectivity index (χ0v) is 10.6. The van der Waals surface area contributed by atoms with E-state index in [0.717, 1.165) is 0 Å². The molecule has 0 radical (unpaired) electrons. The van der Waals surface area contributed by atoms with E-state index in [1.807, 2.05) is 0 Å². The normalized spacial score (nSPS) is 18.9. The third-order valence-electron chi connectivity index (χ3n) is 2.61. The highest BCUT2D eigenvalue weighted by molar-refractivity contribution is 5.78. The molecule has 0 saturated carbocycles. The van der Waals surface area contributed by atoms with Crippen LogP contribution in [0.15, 0.2) is 0 Å². The quantitative estimate of drug-likeness (QED) is 0.586. The molecule has 0 aromatic carbocycles. The lowest BCUT2D eigenvalue weighted by Gasteiger charge is -2.34. The van der Waals surface area contributed by atoms with Crippen molar-refractivity contribution in [2.24, 2.45) is 0 Å². The molecule has 0 aliphatic rings. The highest BCUT2D eigenvalue weighted by Crippen LogP contribution is 2.50. The SMILES string of the molecule is O=C(OF)C(F)(F)C(F)(F)C(F)(F)C(F)C(F)C(F)C(F)C(F)F. The van der Waals surface area contributed by atoms with Crippen LogP contribution >= 0.6 is 0 Å². The summed E-state index contributed by atoms with van der Waals surface area (Å²) in [5, 5.41) is 0. The highest BCUT2D eigenvalue weighted by atomic mass is 19.4. The van der Waals surface area contributed by atoms with Gasteiger partial charge in [0, 0.05) is 4.53 Å². The molecule has 144 valence electrons. The Kier molecular flexibility index (Phi) is 6.77. The molecule has 0 rings (SSSR count). The van der Waals surface area contributed by atoms with Crippen LogP contribution in [-0.2, 0) is 9.74 Å². The number of hydrogen-bond donors (Lipinski definition) is 0. The molecule has 4 atom stereocenters. The third-order valence-corrected chi connectivity index (χ3v) is 2.61. The maximum absolute atomic E-state index is 13.0. The fourth-order valence-corrected chi connectivity index (χ4v) is 1.24. The van der Waals surface area contributed by atoms with E-state index in [9.17, 15) is 62.0 Å². The van der Waals surface area contributed by atoms with Crippen molar-refractivity contribution in [3.8, 4) is 0 Å². The lowest BCUT2D eigenvalue weighted by atomic mass is 9.95. The van der Waals surface area contributed by atoms with Gasteiger partial charge in [0.15, 0.2) is 18.5 Å². The van der Waals surface area contributed by atoms with E-state index in [4.69, 9.17) is 0 Å². The van der Waals surface area contributed by atoms with Gasteiger partial charge in [0.05, 0.1) is 0 Å². The number of carbonyl (C=O) groups is 1. The van der Waals surface area contributed by atoms with Crippen molar-refractivity contribution < 1.29 is 66.9 Å². The minimum atomic E-state index is -7.19. The largest absolute Gasteiger partial charge is 0.424 e. The summed E-state index contributed by atoms with van der Waals surface area (Å²) in [5.74, 6) is -24.8. The van der Waals surface area contributed by atoms with Crippen molar-refractivity contribution in [3.05, 3.63) is 0 Å². The second kappa shape index (κ2) is 7.21. The van der Waals surface area contributed by atoms with Gasteiger partial charge in [0.1, 0.15) is 0 Å². The van der Waals surface area contributed by atoms with Gasteiger partial charge in [-0.2, -0.15) is 26.3 Å². The molecule has 0 aliphatic carbocycles. The van der Waals surface area contributed by atoms with Crippen molar-refractivity contribution in [2.75, 3.05) is 0 Å². The first kappa shape index (κ1) is 22.6. The summed E-state index contributed by atoms with van der Waals surface area (Å²) < 4.78 is 163. The minimum absolute atomic E-state index is 1.60. The summed E-state index contributed by atoms with van der Waals surface area (Å²) in [4.78, 5) is 11.6. The minimum Gasteiger partial charge on any atom is -0.248 e. The lowest BCUT2D eigenvalue weighted by molar-refractivity contribution is -0.332.